The smallest absolute Gasteiger partial charge is 0.419 e. The molecular weight excluding hydrogens is 260 g/mol. The van der Waals surface area contributed by atoms with Gasteiger partial charge in [0.1, 0.15) is 0 Å². The van der Waals surface area contributed by atoms with Crippen molar-refractivity contribution < 1.29 is 38.2 Å². The molecule has 10 heteroatoms. The third-order valence-electron chi connectivity index (χ3n) is 1.63. The monoisotopic (exact) mass is 268 g/mol. The zero-order valence-corrected chi connectivity index (χ0v) is 9.95. The van der Waals surface area contributed by atoms with E-state index in [0.717, 1.165) is 13.8 Å². The molecule has 0 aromatic rings. The molecule has 0 aliphatic rings. The van der Waals surface area contributed by atoms with Crippen molar-refractivity contribution >= 4 is 34.9 Å². The lowest BCUT2D eigenvalue weighted by Gasteiger charge is -2.00. The third kappa shape index (κ3) is 4.82. The lowest BCUT2D eigenvalue weighted by atomic mass is 10.3. The van der Waals surface area contributed by atoms with Crippen LogP contribution >= 0.6 is 0 Å². The first-order valence-electron chi connectivity index (χ1n) is 4.65. The summed E-state index contributed by atoms with van der Waals surface area (Å²) in [5.74, 6) is -4.37. The van der Waals surface area contributed by atoms with Crippen molar-refractivity contribution in [2.24, 2.45) is 0 Å². The zero-order valence-electron chi connectivity index (χ0n) is 9.95. The summed E-state index contributed by atoms with van der Waals surface area (Å²) in [4.78, 5) is 48.5. The molecule has 0 fully saturated rings. The van der Waals surface area contributed by atoms with Gasteiger partial charge in [0.25, 0.3) is 0 Å². The molecule has 0 aromatic heterocycles. The maximum absolute atomic E-state index is 11.1. The number of nitrogens with zero attached hydrogens (tertiary/aromatic N) is 4. The maximum atomic E-state index is 11.1. The number of hydrogen-bond donors (Lipinski definition) is 0. The van der Waals surface area contributed by atoms with E-state index in [1.54, 1.807) is 0 Å². The molecule has 0 amide bonds. The highest BCUT2D eigenvalue weighted by Crippen LogP contribution is 1.88. The van der Waals surface area contributed by atoms with Crippen molar-refractivity contribution in [2.45, 2.75) is 13.8 Å². The number of ketones is 2. The Morgan fingerprint density at radius 2 is 1.16 bits per heavy atom. The normalized spacial score (nSPS) is 8.53. The average molecular weight is 268 g/mol. The number of Topliss-reactive ketones (excluding diaryl/α,β-unsaturated/α-hetero) is 2. The van der Waals surface area contributed by atoms with Crippen molar-refractivity contribution in [1.82, 2.24) is 0 Å². The van der Waals surface area contributed by atoms with E-state index in [0.29, 0.717) is 0 Å². The first kappa shape index (κ1) is 16.0. The summed E-state index contributed by atoms with van der Waals surface area (Å²) in [7, 11) is 0. The fourth-order valence-electron chi connectivity index (χ4n) is 0.783. The third-order valence-corrected chi connectivity index (χ3v) is 1.63. The van der Waals surface area contributed by atoms with Gasteiger partial charge in [-0.05, 0) is 0 Å². The number of carbonyl (C=O) groups is 4. The Labute approximate surface area is 106 Å². The molecule has 0 bridgehead atoms. The van der Waals surface area contributed by atoms with Gasteiger partial charge in [-0.15, -0.1) is 0 Å². The van der Waals surface area contributed by atoms with E-state index in [4.69, 9.17) is 11.1 Å². The number of rotatable bonds is 6. The zero-order chi connectivity index (χ0) is 15.0. The van der Waals surface area contributed by atoms with E-state index in [1.165, 1.54) is 0 Å². The molecule has 0 saturated heterocycles. The number of hydrogen-bond acceptors (Lipinski definition) is 6. The molecule has 0 N–H and O–H groups in total. The van der Waals surface area contributed by atoms with E-state index in [-0.39, 0.29) is 0 Å². The fourth-order valence-corrected chi connectivity index (χ4v) is 0.783. The largest absolute Gasteiger partial charge is 0.441 e. The molecule has 0 atom stereocenters. The molecular formula is C9H8N4O6. The molecule has 0 saturated carbocycles. The van der Waals surface area contributed by atoms with Crippen LogP contribution in [0, 0.1) is 0 Å². The van der Waals surface area contributed by atoms with Gasteiger partial charge in [0, 0.05) is 13.8 Å². The Bertz CT molecular complexity index is 491. The molecule has 19 heavy (non-hydrogen) atoms. The van der Waals surface area contributed by atoms with Crippen LogP contribution in [0.1, 0.15) is 13.8 Å². The topological polar surface area (TPSA) is 160 Å². The van der Waals surface area contributed by atoms with Crippen LogP contribution in [0.2, 0.25) is 0 Å². The summed E-state index contributed by atoms with van der Waals surface area (Å²) in [5, 5.41) is 0. The number of ether oxygens (including phenoxy) is 2. The summed E-state index contributed by atoms with van der Waals surface area (Å²) < 4.78 is 8.52. The van der Waals surface area contributed by atoms with Crippen LogP contribution in [0.25, 0.3) is 11.1 Å². The second kappa shape index (κ2) is 7.38. The van der Waals surface area contributed by atoms with Gasteiger partial charge >= 0.3 is 23.4 Å². The van der Waals surface area contributed by atoms with Crippen LogP contribution in [0.3, 0.4) is 0 Å². The van der Waals surface area contributed by atoms with Crippen LogP contribution in [-0.2, 0) is 28.7 Å². The SMILES string of the molecule is CC(=O)C(=[N+]=[N-])C(=O)OCOC(=O)C(=[N+]=[N-])C(C)=O. The minimum absolute atomic E-state index is 0.861. The van der Waals surface area contributed by atoms with Crippen LogP contribution in [0.4, 0.5) is 0 Å². The highest BCUT2D eigenvalue weighted by atomic mass is 16.7. The molecule has 0 spiro atoms. The van der Waals surface area contributed by atoms with Gasteiger partial charge in [0.2, 0.25) is 18.4 Å². The molecule has 0 heterocycles. The highest BCUT2D eigenvalue weighted by Gasteiger charge is 2.30. The van der Waals surface area contributed by atoms with Crippen molar-refractivity contribution in [2.75, 3.05) is 6.79 Å². The van der Waals surface area contributed by atoms with Crippen LogP contribution in [0.15, 0.2) is 0 Å². The highest BCUT2D eigenvalue weighted by molar-refractivity contribution is 6.62. The van der Waals surface area contributed by atoms with Gasteiger partial charge in [-0.2, -0.15) is 9.58 Å². The van der Waals surface area contributed by atoms with Crippen molar-refractivity contribution in [3.05, 3.63) is 11.1 Å². The van der Waals surface area contributed by atoms with Gasteiger partial charge in [-0.25, -0.2) is 9.59 Å². The van der Waals surface area contributed by atoms with Gasteiger partial charge in [-0.1, -0.05) is 0 Å². The summed E-state index contributed by atoms with van der Waals surface area (Å²) in [5.41, 5.74) is 14.9. The average Bonchev–Trinajstić information content (AvgIpc) is 2.29. The molecule has 10 nitrogen and oxygen atoms in total. The first-order chi connectivity index (χ1) is 8.84. The Morgan fingerprint density at radius 3 is 1.37 bits per heavy atom. The molecule has 100 valence electrons. The Kier molecular flexibility index (Phi) is 6.23. The second-order valence-corrected chi connectivity index (χ2v) is 2.99. The molecule has 0 radical (unpaired) electrons. The van der Waals surface area contributed by atoms with Gasteiger partial charge in [-0.3, -0.25) is 9.59 Å². The molecule has 0 aliphatic carbocycles. The van der Waals surface area contributed by atoms with E-state index in [9.17, 15) is 19.2 Å². The van der Waals surface area contributed by atoms with E-state index in [1.807, 2.05) is 0 Å². The first-order valence-corrected chi connectivity index (χ1v) is 4.65. The Balaban J connectivity index is 4.48. The summed E-state index contributed by atoms with van der Waals surface area (Å²) in [6, 6.07) is 0. The van der Waals surface area contributed by atoms with Crippen molar-refractivity contribution in [3.8, 4) is 0 Å². The van der Waals surface area contributed by atoms with Gasteiger partial charge in [0.05, 0.1) is 0 Å². The predicted octanol–water partition coefficient (Wildman–Crippen LogP) is -1.45. The van der Waals surface area contributed by atoms with Gasteiger partial charge in [0.15, 0.2) is 0 Å². The lowest BCUT2D eigenvalue weighted by molar-refractivity contribution is -0.163. The minimum atomic E-state index is -1.33. The standard InChI is InChI=1S/C9H8N4O6/c1-4(14)6(12-10)8(16)18-3-19-9(17)7(13-11)5(2)15/h3H2,1-2H3. The van der Waals surface area contributed by atoms with Crippen LogP contribution in [0.5, 0.6) is 0 Å². The number of carbonyl (C=O) groups excluding carboxylic acids is 4. The van der Waals surface area contributed by atoms with Crippen molar-refractivity contribution in [3.63, 3.8) is 0 Å². The molecule has 0 aromatic carbocycles. The molecule has 0 aliphatic heterocycles. The van der Waals surface area contributed by atoms with Crippen molar-refractivity contribution in [1.29, 1.82) is 0 Å². The molecule has 0 rings (SSSR count). The van der Waals surface area contributed by atoms with E-state index < -0.39 is 41.7 Å². The Morgan fingerprint density at radius 1 is 0.842 bits per heavy atom. The number of esters is 2. The van der Waals surface area contributed by atoms with E-state index >= 15 is 0 Å². The summed E-state index contributed by atoms with van der Waals surface area (Å²) in [6.45, 7) is 0.944. The van der Waals surface area contributed by atoms with Crippen LogP contribution < -0.4 is 0 Å². The Hall–Kier alpha value is -2.96. The van der Waals surface area contributed by atoms with Crippen LogP contribution in [-0.4, -0.2) is 51.3 Å². The fraction of sp³-hybridized carbons (Fsp3) is 0.333. The quantitative estimate of drug-likeness (QED) is 0.143. The predicted molar refractivity (Wildman–Crippen MR) is 55.7 cm³/mol. The summed E-state index contributed by atoms with van der Waals surface area (Å²) >= 11 is 0. The molecule has 0 unspecified atom stereocenters. The van der Waals surface area contributed by atoms with Gasteiger partial charge < -0.3 is 20.5 Å². The maximum Gasteiger partial charge on any atom is 0.441 e. The lowest BCUT2D eigenvalue weighted by Crippen LogP contribution is -2.29. The minimum Gasteiger partial charge on any atom is -0.419 e. The second-order valence-electron chi connectivity index (χ2n) is 2.99. The van der Waals surface area contributed by atoms with E-state index in [2.05, 4.69) is 19.1 Å². The summed E-state index contributed by atoms with van der Waals surface area (Å²) in [6.07, 6.45) is 0.